The zero-order chi connectivity index (χ0) is 16.2. The van der Waals surface area contributed by atoms with Gasteiger partial charge < -0.3 is 9.64 Å². The Bertz CT molecular complexity index is 636. The van der Waals surface area contributed by atoms with Crippen LogP contribution in [0.25, 0.3) is 0 Å². The van der Waals surface area contributed by atoms with Gasteiger partial charge in [-0.1, -0.05) is 11.6 Å². The van der Waals surface area contributed by atoms with Crippen LogP contribution in [0.4, 0.5) is 4.39 Å². The number of amides is 1. The number of carbonyl (C=O) groups excluding carboxylic acids is 1. The number of methoxy groups -OCH3 is 1. The molecule has 0 aliphatic heterocycles. The van der Waals surface area contributed by atoms with Crippen LogP contribution >= 0.6 is 11.6 Å². The standard InChI is InChI=1S/C12H16ClFN2O4S/c1-16(4-3-5-20-2)12(17)9-6-8(13)7-10(11(9)14)21(15,18)19/h6-7H,3-5H2,1-2H3,(H2,15,18,19). The lowest BCUT2D eigenvalue weighted by Crippen LogP contribution is -2.30. The van der Waals surface area contributed by atoms with Gasteiger partial charge in [0.1, 0.15) is 4.90 Å². The van der Waals surface area contributed by atoms with E-state index in [4.69, 9.17) is 21.5 Å². The van der Waals surface area contributed by atoms with Crippen molar-refractivity contribution in [1.82, 2.24) is 4.90 Å². The van der Waals surface area contributed by atoms with Gasteiger partial charge in [-0.3, -0.25) is 4.79 Å². The van der Waals surface area contributed by atoms with Gasteiger partial charge in [0, 0.05) is 32.3 Å². The third kappa shape index (κ3) is 4.63. The molecule has 0 radical (unpaired) electrons. The lowest BCUT2D eigenvalue weighted by molar-refractivity contribution is 0.0774. The van der Waals surface area contributed by atoms with Gasteiger partial charge in [0.05, 0.1) is 5.56 Å². The maximum absolute atomic E-state index is 14.2. The SMILES string of the molecule is COCCCN(C)C(=O)c1cc(Cl)cc(S(N)(=O)=O)c1F. The summed E-state index contributed by atoms with van der Waals surface area (Å²) < 4.78 is 41.6. The summed E-state index contributed by atoms with van der Waals surface area (Å²) in [4.78, 5) is 12.6. The van der Waals surface area contributed by atoms with E-state index < -0.39 is 32.2 Å². The Kier molecular flexibility index (Phi) is 6.09. The second-order valence-electron chi connectivity index (χ2n) is 4.38. The molecule has 21 heavy (non-hydrogen) atoms. The molecular formula is C12H16ClFN2O4S. The molecule has 0 bridgehead atoms. The lowest BCUT2D eigenvalue weighted by atomic mass is 10.2. The number of nitrogens with two attached hydrogens (primary N) is 1. The number of ether oxygens (including phenoxy) is 1. The van der Waals surface area contributed by atoms with Gasteiger partial charge in [-0.25, -0.2) is 17.9 Å². The van der Waals surface area contributed by atoms with Crippen LogP contribution in [0.3, 0.4) is 0 Å². The summed E-state index contributed by atoms with van der Waals surface area (Å²) in [5.74, 6) is -1.89. The number of hydrogen-bond acceptors (Lipinski definition) is 4. The van der Waals surface area contributed by atoms with Crippen molar-refractivity contribution >= 4 is 27.5 Å². The molecule has 118 valence electrons. The second kappa shape index (κ2) is 7.17. The van der Waals surface area contributed by atoms with Crippen LogP contribution in [0.2, 0.25) is 5.02 Å². The predicted molar refractivity (Wildman–Crippen MR) is 76.2 cm³/mol. The van der Waals surface area contributed by atoms with E-state index in [1.54, 1.807) is 0 Å². The molecule has 0 heterocycles. The highest BCUT2D eigenvalue weighted by Crippen LogP contribution is 2.23. The minimum absolute atomic E-state index is 0.0888. The van der Waals surface area contributed by atoms with Crippen LogP contribution in [0.5, 0.6) is 0 Å². The van der Waals surface area contributed by atoms with Gasteiger partial charge in [-0.15, -0.1) is 0 Å². The number of halogens is 2. The third-order valence-electron chi connectivity index (χ3n) is 2.73. The van der Waals surface area contributed by atoms with Crippen molar-refractivity contribution in [1.29, 1.82) is 0 Å². The van der Waals surface area contributed by atoms with Gasteiger partial charge in [0.15, 0.2) is 5.82 Å². The van der Waals surface area contributed by atoms with Crippen LogP contribution in [-0.2, 0) is 14.8 Å². The average molecular weight is 339 g/mol. The quantitative estimate of drug-likeness (QED) is 0.790. The minimum Gasteiger partial charge on any atom is -0.385 e. The third-order valence-corrected chi connectivity index (χ3v) is 3.86. The monoisotopic (exact) mass is 338 g/mol. The molecule has 0 saturated carbocycles. The van der Waals surface area contributed by atoms with E-state index in [0.717, 1.165) is 12.1 Å². The summed E-state index contributed by atoms with van der Waals surface area (Å²) in [7, 11) is -1.32. The van der Waals surface area contributed by atoms with Crippen LogP contribution in [0.15, 0.2) is 17.0 Å². The van der Waals surface area contributed by atoms with Crippen molar-refractivity contribution in [2.45, 2.75) is 11.3 Å². The average Bonchev–Trinajstić information content (AvgIpc) is 2.39. The maximum atomic E-state index is 14.2. The Hall–Kier alpha value is -1.22. The molecule has 0 saturated heterocycles. The Morgan fingerprint density at radius 2 is 2.10 bits per heavy atom. The molecule has 0 unspecified atom stereocenters. The van der Waals surface area contributed by atoms with E-state index in [1.807, 2.05) is 0 Å². The molecule has 9 heteroatoms. The highest BCUT2D eigenvalue weighted by Gasteiger charge is 2.24. The molecular weight excluding hydrogens is 323 g/mol. The second-order valence-corrected chi connectivity index (χ2v) is 6.35. The molecule has 0 spiro atoms. The van der Waals surface area contributed by atoms with E-state index >= 15 is 0 Å². The summed E-state index contributed by atoms with van der Waals surface area (Å²) in [6, 6.07) is 1.94. The number of primary sulfonamides is 1. The van der Waals surface area contributed by atoms with Crippen molar-refractivity contribution in [3.05, 3.63) is 28.5 Å². The first-order valence-electron chi connectivity index (χ1n) is 5.94. The Labute approximate surface area is 127 Å². The summed E-state index contributed by atoms with van der Waals surface area (Å²) in [5.41, 5.74) is -0.438. The summed E-state index contributed by atoms with van der Waals surface area (Å²) >= 11 is 5.73. The summed E-state index contributed by atoms with van der Waals surface area (Å²) in [6.45, 7) is 0.765. The maximum Gasteiger partial charge on any atom is 0.256 e. The Morgan fingerprint density at radius 3 is 2.62 bits per heavy atom. The Morgan fingerprint density at radius 1 is 1.48 bits per heavy atom. The van der Waals surface area contributed by atoms with Crippen LogP contribution in [0.1, 0.15) is 16.8 Å². The smallest absolute Gasteiger partial charge is 0.256 e. The number of benzene rings is 1. The van der Waals surface area contributed by atoms with Crippen molar-refractivity contribution in [3.63, 3.8) is 0 Å². The first-order chi connectivity index (χ1) is 9.68. The zero-order valence-corrected chi connectivity index (χ0v) is 13.2. The summed E-state index contributed by atoms with van der Waals surface area (Å²) in [5, 5.41) is 4.81. The topological polar surface area (TPSA) is 89.7 Å². The highest BCUT2D eigenvalue weighted by atomic mass is 35.5. The number of nitrogens with zero attached hydrogens (tertiary/aromatic N) is 1. The fraction of sp³-hybridized carbons (Fsp3) is 0.417. The number of hydrogen-bond donors (Lipinski definition) is 1. The van der Waals surface area contributed by atoms with Crippen LogP contribution in [-0.4, -0.2) is 46.5 Å². The van der Waals surface area contributed by atoms with E-state index in [1.165, 1.54) is 19.1 Å². The first kappa shape index (κ1) is 17.8. The Balaban J connectivity index is 3.13. The van der Waals surface area contributed by atoms with Gasteiger partial charge in [0.2, 0.25) is 10.0 Å². The summed E-state index contributed by atoms with van der Waals surface area (Å²) in [6.07, 6.45) is 0.559. The molecule has 0 aliphatic carbocycles. The molecule has 0 fully saturated rings. The molecule has 1 rings (SSSR count). The van der Waals surface area contributed by atoms with Crippen LogP contribution < -0.4 is 5.14 Å². The van der Waals surface area contributed by atoms with Crippen molar-refractivity contribution < 1.29 is 22.3 Å². The fourth-order valence-electron chi connectivity index (χ4n) is 1.68. The van der Waals surface area contributed by atoms with Gasteiger partial charge in [-0.2, -0.15) is 0 Å². The normalized spacial score (nSPS) is 11.5. The van der Waals surface area contributed by atoms with Crippen molar-refractivity contribution in [3.8, 4) is 0 Å². The van der Waals surface area contributed by atoms with Gasteiger partial charge in [-0.05, 0) is 18.6 Å². The molecule has 0 atom stereocenters. The van der Waals surface area contributed by atoms with E-state index in [2.05, 4.69) is 0 Å². The highest BCUT2D eigenvalue weighted by molar-refractivity contribution is 7.89. The van der Waals surface area contributed by atoms with Gasteiger partial charge in [0.25, 0.3) is 5.91 Å². The lowest BCUT2D eigenvalue weighted by Gasteiger charge is -2.18. The molecule has 1 aromatic carbocycles. The van der Waals surface area contributed by atoms with E-state index in [0.29, 0.717) is 19.6 Å². The molecule has 0 aromatic heterocycles. The minimum atomic E-state index is -4.31. The van der Waals surface area contributed by atoms with Crippen molar-refractivity contribution in [2.75, 3.05) is 27.3 Å². The van der Waals surface area contributed by atoms with E-state index in [-0.39, 0.29) is 5.02 Å². The zero-order valence-electron chi connectivity index (χ0n) is 11.6. The fourth-order valence-corrected chi connectivity index (χ4v) is 2.61. The largest absolute Gasteiger partial charge is 0.385 e. The predicted octanol–water partition coefficient (Wildman–Crippen LogP) is 1.24. The molecule has 1 aromatic rings. The number of rotatable bonds is 6. The van der Waals surface area contributed by atoms with Crippen molar-refractivity contribution in [2.24, 2.45) is 5.14 Å². The molecule has 2 N–H and O–H groups in total. The van der Waals surface area contributed by atoms with Gasteiger partial charge >= 0.3 is 0 Å². The first-order valence-corrected chi connectivity index (χ1v) is 7.87. The van der Waals surface area contributed by atoms with E-state index in [9.17, 15) is 17.6 Å². The number of carbonyl (C=O) groups is 1. The molecule has 1 amide bonds. The molecule has 0 aliphatic rings. The number of sulfonamides is 1. The van der Waals surface area contributed by atoms with Crippen LogP contribution in [0, 0.1) is 5.82 Å². The molecule has 6 nitrogen and oxygen atoms in total.